The lowest BCUT2D eigenvalue weighted by Gasteiger charge is -2.02. The lowest BCUT2D eigenvalue weighted by Crippen LogP contribution is -1.91. The highest BCUT2D eigenvalue weighted by Crippen LogP contribution is 2.23. The predicted molar refractivity (Wildman–Crippen MR) is 47.8 cm³/mol. The molecule has 0 atom stereocenters. The van der Waals surface area contributed by atoms with E-state index < -0.39 is 0 Å². The van der Waals surface area contributed by atoms with Gasteiger partial charge in [-0.2, -0.15) is 5.26 Å². The maximum absolute atomic E-state index is 8.40. The van der Waals surface area contributed by atoms with Crippen molar-refractivity contribution in [2.45, 2.75) is 6.42 Å². The Bertz CT molecular complexity index is 319. The first kappa shape index (κ1) is 9.01. The Labute approximate surface area is 79.1 Å². The average molecular weight is 227 g/mol. The van der Waals surface area contributed by atoms with Crippen molar-refractivity contribution in [2.75, 3.05) is 7.11 Å². The van der Waals surface area contributed by atoms with E-state index in [2.05, 4.69) is 20.9 Å². The van der Waals surface area contributed by atoms with Gasteiger partial charge in [0.15, 0.2) is 5.75 Å². The molecule has 0 aromatic carbocycles. The van der Waals surface area contributed by atoms with Crippen LogP contribution in [-0.2, 0) is 6.42 Å². The molecule has 0 aliphatic carbocycles. The molecule has 0 saturated carbocycles. The van der Waals surface area contributed by atoms with Gasteiger partial charge in [-0.05, 0) is 22.0 Å². The molecule has 0 N–H and O–H groups in total. The van der Waals surface area contributed by atoms with Crippen LogP contribution in [0.3, 0.4) is 0 Å². The number of hydrogen-bond donors (Lipinski definition) is 0. The van der Waals surface area contributed by atoms with Crippen molar-refractivity contribution in [2.24, 2.45) is 0 Å². The summed E-state index contributed by atoms with van der Waals surface area (Å²) in [5.74, 6) is 0.677. The molecule has 1 aromatic heterocycles. The summed E-state index contributed by atoms with van der Waals surface area (Å²) in [5.41, 5.74) is 0.741. The normalized spacial score (nSPS) is 9.08. The van der Waals surface area contributed by atoms with E-state index in [1.165, 1.54) is 0 Å². The Morgan fingerprint density at radius 1 is 1.75 bits per heavy atom. The maximum atomic E-state index is 8.40. The summed E-state index contributed by atoms with van der Waals surface area (Å²) in [5, 5.41) is 8.40. The highest BCUT2D eigenvalue weighted by molar-refractivity contribution is 9.10. The zero-order chi connectivity index (χ0) is 8.97. The van der Waals surface area contributed by atoms with Crippen LogP contribution in [0.1, 0.15) is 5.69 Å². The first-order chi connectivity index (χ1) is 5.77. The van der Waals surface area contributed by atoms with Gasteiger partial charge in [-0.15, -0.1) is 0 Å². The summed E-state index contributed by atoms with van der Waals surface area (Å²) in [7, 11) is 1.58. The minimum Gasteiger partial charge on any atom is -0.494 e. The first-order valence-corrected chi connectivity index (χ1v) is 4.12. The third kappa shape index (κ3) is 1.95. The standard InChI is InChI=1S/C8H7BrN2O/c1-12-8-5-11-6(2-3-10)4-7(8)9/h4-5H,2H2,1H3. The van der Waals surface area contributed by atoms with E-state index in [9.17, 15) is 0 Å². The number of hydrogen-bond acceptors (Lipinski definition) is 3. The van der Waals surface area contributed by atoms with Gasteiger partial charge in [-0.1, -0.05) is 0 Å². The first-order valence-electron chi connectivity index (χ1n) is 3.33. The Morgan fingerprint density at radius 2 is 2.50 bits per heavy atom. The molecule has 12 heavy (non-hydrogen) atoms. The van der Waals surface area contributed by atoms with Gasteiger partial charge < -0.3 is 4.74 Å². The van der Waals surface area contributed by atoms with Gasteiger partial charge >= 0.3 is 0 Å². The van der Waals surface area contributed by atoms with Crippen molar-refractivity contribution >= 4 is 15.9 Å². The number of methoxy groups -OCH3 is 1. The molecule has 0 amide bonds. The number of rotatable bonds is 2. The molecule has 4 heteroatoms. The fourth-order valence-electron chi connectivity index (χ4n) is 0.786. The number of aromatic nitrogens is 1. The molecule has 0 unspecified atom stereocenters. The SMILES string of the molecule is COc1cnc(CC#N)cc1Br. The Morgan fingerprint density at radius 3 is 3.00 bits per heavy atom. The van der Waals surface area contributed by atoms with E-state index in [1.807, 2.05) is 6.07 Å². The highest BCUT2D eigenvalue weighted by Gasteiger charge is 2.01. The minimum absolute atomic E-state index is 0.322. The summed E-state index contributed by atoms with van der Waals surface area (Å²) in [6.45, 7) is 0. The van der Waals surface area contributed by atoms with Gasteiger partial charge in [0.1, 0.15) is 0 Å². The van der Waals surface area contributed by atoms with Gasteiger partial charge in [0, 0.05) is 0 Å². The molecule has 0 aliphatic heterocycles. The molecule has 0 aliphatic rings. The maximum Gasteiger partial charge on any atom is 0.151 e. The Kier molecular flexibility index (Phi) is 3.06. The van der Waals surface area contributed by atoms with Crippen LogP contribution in [0.2, 0.25) is 0 Å². The number of nitrogens with zero attached hydrogens (tertiary/aromatic N) is 2. The van der Waals surface area contributed by atoms with Crippen LogP contribution in [0, 0.1) is 11.3 Å². The fraction of sp³-hybridized carbons (Fsp3) is 0.250. The highest BCUT2D eigenvalue weighted by atomic mass is 79.9. The van der Waals surface area contributed by atoms with Gasteiger partial charge in [0.05, 0.1) is 36.0 Å². The van der Waals surface area contributed by atoms with E-state index in [-0.39, 0.29) is 0 Å². The zero-order valence-corrected chi connectivity index (χ0v) is 8.13. The van der Waals surface area contributed by atoms with Crippen molar-refractivity contribution in [1.29, 1.82) is 5.26 Å². The lowest BCUT2D eigenvalue weighted by atomic mass is 10.3. The monoisotopic (exact) mass is 226 g/mol. The van der Waals surface area contributed by atoms with Gasteiger partial charge in [0.2, 0.25) is 0 Å². The fourth-order valence-corrected chi connectivity index (χ4v) is 1.31. The summed E-state index contributed by atoms with van der Waals surface area (Å²) < 4.78 is 5.81. The predicted octanol–water partition coefficient (Wildman–Crippen LogP) is 1.92. The molecule has 3 nitrogen and oxygen atoms in total. The lowest BCUT2D eigenvalue weighted by molar-refractivity contribution is 0.410. The van der Waals surface area contributed by atoms with E-state index in [4.69, 9.17) is 10.00 Å². The van der Waals surface area contributed by atoms with E-state index in [0.29, 0.717) is 12.2 Å². The summed E-state index contributed by atoms with van der Waals surface area (Å²) in [6, 6.07) is 3.80. The van der Waals surface area contributed by atoms with Crippen LogP contribution in [0.4, 0.5) is 0 Å². The molecule has 0 radical (unpaired) electrons. The average Bonchev–Trinajstić information content (AvgIpc) is 2.05. The second kappa shape index (κ2) is 4.07. The van der Waals surface area contributed by atoms with Crippen LogP contribution in [0.5, 0.6) is 5.75 Å². The van der Waals surface area contributed by atoms with Crippen molar-refractivity contribution in [1.82, 2.24) is 4.98 Å². The van der Waals surface area contributed by atoms with Crippen LogP contribution in [0.25, 0.3) is 0 Å². The third-order valence-corrected chi connectivity index (χ3v) is 1.98. The topological polar surface area (TPSA) is 45.9 Å². The van der Waals surface area contributed by atoms with Gasteiger partial charge in [-0.25, -0.2) is 0 Å². The van der Waals surface area contributed by atoms with Crippen LogP contribution in [0.15, 0.2) is 16.7 Å². The molecule has 0 saturated heterocycles. The van der Waals surface area contributed by atoms with E-state index >= 15 is 0 Å². The molecule has 1 heterocycles. The third-order valence-electron chi connectivity index (χ3n) is 1.36. The number of halogens is 1. The van der Waals surface area contributed by atoms with Crippen molar-refractivity contribution < 1.29 is 4.74 Å². The molecule has 1 rings (SSSR count). The minimum atomic E-state index is 0.322. The van der Waals surface area contributed by atoms with Crippen molar-refractivity contribution in [3.8, 4) is 11.8 Å². The van der Waals surface area contributed by atoms with Gasteiger partial charge in [-0.3, -0.25) is 4.98 Å². The summed E-state index contributed by atoms with van der Waals surface area (Å²) >= 11 is 3.30. The molecule has 0 fully saturated rings. The van der Waals surface area contributed by atoms with Crippen LogP contribution in [-0.4, -0.2) is 12.1 Å². The molecular weight excluding hydrogens is 220 g/mol. The van der Waals surface area contributed by atoms with E-state index in [0.717, 1.165) is 10.2 Å². The second-order valence-corrected chi connectivity index (χ2v) is 3.00. The Balaban J connectivity index is 2.95. The van der Waals surface area contributed by atoms with Crippen LogP contribution >= 0.6 is 15.9 Å². The van der Waals surface area contributed by atoms with Crippen molar-refractivity contribution in [3.05, 3.63) is 22.4 Å². The van der Waals surface area contributed by atoms with Gasteiger partial charge in [0.25, 0.3) is 0 Å². The molecule has 62 valence electrons. The summed E-state index contributed by atoms with van der Waals surface area (Å²) in [4.78, 5) is 4.02. The largest absolute Gasteiger partial charge is 0.494 e. The number of ether oxygens (including phenoxy) is 1. The van der Waals surface area contributed by atoms with Crippen LogP contribution < -0.4 is 4.74 Å². The molecule has 0 spiro atoms. The zero-order valence-electron chi connectivity index (χ0n) is 6.54. The second-order valence-electron chi connectivity index (χ2n) is 2.15. The number of pyridine rings is 1. The summed E-state index contributed by atoms with van der Waals surface area (Å²) in [6.07, 6.45) is 1.92. The number of nitriles is 1. The van der Waals surface area contributed by atoms with Crippen molar-refractivity contribution in [3.63, 3.8) is 0 Å². The Hall–Kier alpha value is -1.08. The molecule has 0 bridgehead atoms. The molecule has 1 aromatic rings. The quantitative estimate of drug-likeness (QED) is 0.775. The van der Waals surface area contributed by atoms with E-state index in [1.54, 1.807) is 19.4 Å². The smallest absolute Gasteiger partial charge is 0.151 e. The molecular formula is C8H7BrN2O.